The van der Waals surface area contributed by atoms with Crippen LogP contribution in [0.5, 0.6) is 0 Å². The molecule has 79 heavy (non-hydrogen) atoms. The maximum absolute atomic E-state index is 12.9. The number of carbonyl (C=O) groups excluding carboxylic acids is 4. The van der Waals surface area contributed by atoms with Crippen LogP contribution in [-0.4, -0.2) is 96.7 Å². The third-order valence-electron chi connectivity index (χ3n) is 13.9. The summed E-state index contributed by atoms with van der Waals surface area (Å²) in [5.41, 5.74) is 0. The highest BCUT2D eigenvalue weighted by Gasteiger charge is 2.30. The van der Waals surface area contributed by atoms with Crippen molar-refractivity contribution in [1.82, 2.24) is 0 Å². The van der Waals surface area contributed by atoms with Crippen LogP contribution in [0, 0.1) is 0 Å². The van der Waals surface area contributed by atoms with Gasteiger partial charge in [0.1, 0.15) is 19.3 Å². The highest BCUT2D eigenvalue weighted by molar-refractivity contribution is 7.47. The molecule has 0 amide bonds. The Bertz CT molecular complexity index is 1540. The van der Waals surface area contributed by atoms with Crippen molar-refractivity contribution in [2.75, 3.05) is 39.6 Å². The Morgan fingerprint density at radius 2 is 0.506 bits per heavy atom. The van der Waals surface area contributed by atoms with Crippen LogP contribution in [-0.2, 0) is 65.4 Å². The van der Waals surface area contributed by atoms with Crippen LogP contribution in [0.1, 0.15) is 304 Å². The predicted octanol–water partition coefficient (Wildman–Crippen LogP) is 16.4. The van der Waals surface area contributed by atoms with E-state index in [1.807, 2.05) is 0 Å². The molecule has 0 aromatic heterocycles. The van der Waals surface area contributed by atoms with Gasteiger partial charge < -0.3 is 33.8 Å². The largest absolute Gasteiger partial charge is 0.472 e. The second-order valence-corrected chi connectivity index (χ2v) is 24.6. The number of unbranched alkanes of at least 4 members (excludes halogenated alkanes) is 35. The van der Waals surface area contributed by atoms with Crippen molar-refractivity contribution in [3.8, 4) is 0 Å². The molecule has 0 aromatic rings. The fraction of sp³-hybridized carbons (Fsp3) is 0.933. The minimum Gasteiger partial charge on any atom is -0.462 e. The minimum absolute atomic E-state index is 0.106. The van der Waals surface area contributed by atoms with Crippen LogP contribution in [0.15, 0.2) is 0 Å². The molecule has 0 saturated heterocycles. The lowest BCUT2D eigenvalue weighted by Crippen LogP contribution is -2.30. The Hall–Kier alpha value is -1.94. The van der Waals surface area contributed by atoms with Crippen molar-refractivity contribution in [3.63, 3.8) is 0 Å². The molecule has 17 nitrogen and oxygen atoms in total. The second-order valence-electron chi connectivity index (χ2n) is 21.7. The molecule has 0 aromatic carbocycles. The zero-order valence-corrected chi connectivity index (χ0v) is 52.1. The fourth-order valence-electron chi connectivity index (χ4n) is 8.93. The van der Waals surface area contributed by atoms with Crippen molar-refractivity contribution in [3.05, 3.63) is 0 Å². The number of carbonyl (C=O) groups is 4. The molecular weight excluding hydrogens is 1050 g/mol. The van der Waals surface area contributed by atoms with Crippen molar-refractivity contribution in [2.45, 2.75) is 322 Å². The average molecular weight is 1170 g/mol. The summed E-state index contributed by atoms with van der Waals surface area (Å²) in [4.78, 5) is 71.9. The van der Waals surface area contributed by atoms with Gasteiger partial charge in [0.25, 0.3) is 0 Å². The number of phosphoric ester groups is 2. The molecule has 0 bridgehead atoms. The topological polar surface area (TPSA) is 237 Å². The Labute approximate surface area is 479 Å². The first-order valence-electron chi connectivity index (χ1n) is 31.8. The summed E-state index contributed by atoms with van der Waals surface area (Å²) in [7, 11) is -9.87. The van der Waals surface area contributed by atoms with E-state index >= 15 is 0 Å². The third-order valence-corrected chi connectivity index (χ3v) is 15.8. The van der Waals surface area contributed by atoms with Crippen LogP contribution in [0.3, 0.4) is 0 Å². The number of rotatable bonds is 61. The molecule has 468 valence electrons. The molecule has 0 aliphatic rings. The van der Waals surface area contributed by atoms with E-state index in [0.29, 0.717) is 25.7 Å². The zero-order chi connectivity index (χ0) is 58.3. The number of hydrogen-bond acceptors (Lipinski definition) is 15. The summed E-state index contributed by atoms with van der Waals surface area (Å²) >= 11 is 0. The Morgan fingerprint density at radius 1 is 0.304 bits per heavy atom. The molecule has 3 N–H and O–H groups in total. The maximum atomic E-state index is 12.9. The van der Waals surface area contributed by atoms with E-state index < -0.39 is 97.5 Å². The maximum Gasteiger partial charge on any atom is 0.472 e. The van der Waals surface area contributed by atoms with Crippen LogP contribution >= 0.6 is 15.6 Å². The van der Waals surface area contributed by atoms with Crippen molar-refractivity contribution >= 4 is 39.5 Å². The van der Waals surface area contributed by atoms with Gasteiger partial charge in [0.2, 0.25) is 0 Å². The molecule has 5 atom stereocenters. The molecule has 0 spiro atoms. The van der Waals surface area contributed by atoms with E-state index in [-0.39, 0.29) is 25.7 Å². The van der Waals surface area contributed by atoms with E-state index in [1.54, 1.807) is 0 Å². The first-order valence-corrected chi connectivity index (χ1v) is 34.8. The van der Waals surface area contributed by atoms with Crippen LogP contribution < -0.4 is 0 Å². The number of aliphatic hydroxyl groups is 1. The van der Waals surface area contributed by atoms with E-state index in [2.05, 4.69) is 27.7 Å². The van der Waals surface area contributed by atoms with Crippen molar-refractivity contribution < 1.29 is 80.2 Å². The van der Waals surface area contributed by atoms with Gasteiger partial charge in [0, 0.05) is 25.7 Å². The van der Waals surface area contributed by atoms with Gasteiger partial charge in [-0.3, -0.25) is 37.3 Å². The van der Waals surface area contributed by atoms with Gasteiger partial charge in [-0.1, -0.05) is 252 Å². The quantitative estimate of drug-likeness (QED) is 0.0222. The summed E-state index contributed by atoms with van der Waals surface area (Å²) in [6.07, 6.45) is 38.9. The Morgan fingerprint density at radius 3 is 0.747 bits per heavy atom. The van der Waals surface area contributed by atoms with Gasteiger partial charge in [-0.2, -0.15) is 0 Å². The van der Waals surface area contributed by atoms with Gasteiger partial charge in [0.05, 0.1) is 26.4 Å². The van der Waals surface area contributed by atoms with Crippen molar-refractivity contribution in [2.24, 2.45) is 0 Å². The normalized spacial score (nSPS) is 14.3. The van der Waals surface area contributed by atoms with Crippen molar-refractivity contribution in [1.29, 1.82) is 0 Å². The molecule has 0 fully saturated rings. The molecule has 0 radical (unpaired) electrons. The number of aliphatic hydroxyl groups excluding tert-OH is 1. The van der Waals surface area contributed by atoms with Gasteiger partial charge in [-0.25, -0.2) is 9.13 Å². The number of esters is 4. The molecule has 2 unspecified atom stereocenters. The molecular formula is C60H116O17P2. The number of hydrogen-bond donors (Lipinski definition) is 3. The second kappa shape index (κ2) is 55.3. The summed E-state index contributed by atoms with van der Waals surface area (Å²) in [5, 5.41) is 10.5. The van der Waals surface area contributed by atoms with Gasteiger partial charge in [-0.15, -0.1) is 0 Å². The lowest BCUT2D eigenvalue weighted by Gasteiger charge is -2.21. The average Bonchev–Trinajstić information content (AvgIpc) is 3.42. The van der Waals surface area contributed by atoms with Crippen LogP contribution in [0.4, 0.5) is 0 Å². The SMILES string of the molecule is CCCCCCCCCCCCCCC(=O)O[C@H](COC(=O)CCCCCCCCCCCC)COP(=O)(O)OC[C@@H](O)COP(=O)(O)OC[C@@H](COC(=O)CCCCCCCCCC)OC(=O)CCCCCCCCCCC. The molecule has 0 aliphatic heterocycles. The highest BCUT2D eigenvalue weighted by Crippen LogP contribution is 2.45. The van der Waals surface area contributed by atoms with E-state index in [4.69, 9.17) is 37.0 Å². The summed E-state index contributed by atoms with van der Waals surface area (Å²) in [6.45, 7) is 4.82. The molecule has 0 heterocycles. The van der Waals surface area contributed by atoms with E-state index in [1.165, 1.54) is 128 Å². The molecule has 0 aliphatic carbocycles. The van der Waals surface area contributed by atoms with Gasteiger partial charge in [-0.05, 0) is 25.7 Å². The smallest absolute Gasteiger partial charge is 0.462 e. The molecule has 0 saturated carbocycles. The minimum atomic E-state index is -4.94. The summed E-state index contributed by atoms with van der Waals surface area (Å²) < 4.78 is 67.7. The van der Waals surface area contributed by atoms with Crippen LogP contribution in [0.25, 0.3) is 0 Å². The Balaban J connectivity index is 5.21. The predicted molar refractivity (Wildman–Crippen MR) is 312 cm³/mol. The van der Waals surface area contributed by atoms with Gasteiger partial charge >= 0.3 is 39.5 Å². The van der Waals surface area contributed by atoms with E-state index in [9.17, 15) is 43.2 Å². The lowest BCUT2D eigenvalue weighted by molar-refractivity contribution is -0.161. The van der Waals surface area contributed by atoms with Gasteiger partial charge in [0.15, 0.2) is 12.2 Å². The lowest BCUT2D eigenvalue weighted by atomic mass is 10.0. The Kier molecular flexibility index (Phi) is 53.9. The summed E-state index contributed by atoms with van der Waals surface area (Å²) in [5.74, 6) is -2.14. The first kappa shape index (κ1) is 77.1. The number of ether oxygens (including phenoxy) is 4. The fourth-order valence-corrected chi connectivity index (χ4v) is 10.5. The molecule has 19 heteroatoms. The van der Waals surface area contributed by atoms with Crippen LogP contribution in [0.2, 0.25) is 0 Å². The monoisotopic (exact) mass is 1170 g/mol. The number of phosphoric acid groups is 2. The van der Waals surface area contributed by atoms with E-state index in [0.717, 1.165) is 96.3 Å². The standard InChI is InChI=1S/C60H116O17P2/c1-5-9-13-17-21-25-27-28-31-35-39-43-47-60(65)77-56(51-71-58(63)45-41-37-33-30-26-22-18-14-10-6-2)53-75-79(68,69)73-49-54(61)48-72-78(66,67)74-52-55(50-70-57(62)44-40-36-32-24-20-16-12-8-4)76-59(64)46-42-38-34-29-23-19-15-11-7-3/h54-56,61H,5-53H2,1-4H3,(H,66,67)(H,68,69)/t54-,55+,56+/m0/s1. The molecule has 0 rings (SSSR count). The first-order chi connectivity index (χ1) is 38.2. The zero-order valence-electron chi connectivity index (χ0n) is 50.3. The summed E-state index contributed by atoms with van der Waals surface area (Å²) in [6, 6.07) is 0. The third kappa shape index (κ3) is 55.0. The highest BCUT2D eigenvalue weighted by atomic mass is 31.2.